The number of benzene rings is 2. The molecule has 0 spiro atoms. The molecule has 2 unspecified atom stereocenters. The number of anilines is 1. The highest BCUT2D eigenvalue weighted by molar-refractivity contribution is 7.92. The molecule has 7 heteroatoms. The Labute approximate surface area is 171 Å². The number of sulfonamides is 1. The Morgan fingerprint density at radius 3 is 2.34 bits per heavy atom. The third-order valence-electron chi connectivity index (χ3n) is 4.89. The number of aromatic nitrogens is 1. The lowest BCUT2D eigenvalue weighted by atomic mass is 9.97. The second-order valence-corrected chi connectivity index (χ2v) is 8.85. The number of pyridine rings is 1. The monoisotopic (exact) mass is 406 g/mol. The fraction of sp³-hybridized carbons (Fsp3) is 0.182. The van der Waals surface area contributed by atoms with E-state index in [9.17, 15) is 8.42 Å². The van der Waals surface area contributed by atoms with Crippen molar-refractivity contribution in [3.63, 3.8) is 0 Å². The van der Waals surface area contributed by atoms with Crippen LogP contribution >= 0.6 is 0 Å². The van der Waals surface area contributed by atoms with E-state index in [-0.39, 0.29) is 12.2 Å². The smallest absolute Gasteiger partial charge is 0.229 e. The molecule has 1 aromatic heterocycles. The molecule has 2 heterocycles. The third kappa shape index (κ3) is 4.21. The first-order valence-electron chi connectivity index (χ1n) is 9.25. The maximum absolute atomic E-state index is 11.7. The molecule has 4 rings (SSSR count). The van der Waals surface area contributed by atoms with Crippen LogP contribution in [0.1, 0.15) is 28.9 Å². The zero-order chi connectivity index (χ0) is 20.4. The summed E-state index contributed by atoms with van der Waals surface area (Å²) in [5.74, 6) is 0. The molecule has 0 saturated carbocycles. The largest absolute Gasteiger partial charge is 0.284 e. The van der Waals surface area contributed by atoms with E-state index in [0.29, 0.717) is 5.69 Å². The van der Waals surface area contributed by atoms with Gasteiger partial charge in [0.25, 0.3) is 0 Å². The summed E-state index contributed by atoms with van der Waals surface area (Å²) in [5.41, 5.74) is 4.48. The predicted molar refractivity (Wildman–Crippen MR) is 115 cm³/mol. The van der Waals surface area contributed by atoms with Gasteiger partial charge in [0.1, 0.15) is 6.17 Å². The summed E-state index contributed by atoms with van der Waals surface area (Å²) in [6.07, 6.45) is 4.57. The van der Waals surface area contributed by atoms with Gasteiger partial charge in [0.15, 0.2) is 0 Å². The summed E-state index contributed by atoms with van der Waals surface area (Å²) in [7, 11) is -1.30. The molecule has 0 amide bonds. The summed E-state index contributed by atoms with van der Waals surface area (Å²) in [5, 5.41) is 0. The van der Waals surface area contributed by atoms with Crippen molar-refractivity contribution in [2.24, 2.45) is 4.99 Å². The molecule has 2 atom stereocenters. The van der Waals surface area contributed by atoms with Crippen LogP contribution in [-0.4, -0.2) is 37.3 Å². The molecule has 0 bridgehead atoms. The van der Waals surface area contributed by atoms with E-state index in [4.69, 9.17) is 4.99 Å². The van der Waals surface area contributed by atoms with E-state index in [2.05, 4.69) is 33.8 Å². The zero-order valence-corrected chi connectivity index (χ0v) is 17.0. The van der Waals surface area contributed by atoms with Gasteiger partial charge in [-0.2, -0.15) is 0 Å². The van der Waals surface area contributed by atoms with Crippen molar-refractivity contribution in [3.8, 4) is 0 Å². The van der Waals surface area contributed by atoms with Crippen molar-refractivity contribution < 1.29 is 8.42 Å². The first-order valence-corrected chi connectivity index (χ1v) is 11.1. The highest BCUT2D eigenvalue weighted by Gasteiger charge is 2.36. The quantitative estimate of drug-likeness (QED) is 0.702. The molecule has 3 aromatic rings. The first-order chi connectivity index (χ1) is 13.9. The van der Waals surface area contributed by atoms with Gasteiger partial charge in [-0.05, 0) is 48.0 Å². The number of likely N-dealkylation sites (N-methyl/N-ethyl adjacent to an activating group) is 1. The molecular weight excluding hydrogens is 384 g/mol. The fourth-order valence-electron chi connectivity index (χ4n) is 3.69. The molecule has 0 saturated heterocycles. The SMILES string of the molecule is CN1C(c2ccccc2)N=C(c2cccc(NS(C)(=O)=O)c2)C1c1ccncc1. The van der Waals surface area contributed by atoms with Crippen LogP contribution in [0, 0.1) is 0 Å². The van der Waals surface area contributed by atoms with E-state index in [1.807, 2.05) is 48.5 Å². The second kappa shape index (κ2) is 7.77. The topological polar surface area (TPSA) is 74.7 Å². The molecule has 0 fully saturated rings. The molecule has 6 nitrogen and oxygen atoms in total. The van der Waals surface area contributed by atoms with Gasteiger partial charge in [-0.15, -0.1) is 0 Å². The van der Waals surface area contributed by atoms with Crippen LogP contribution < -0.4 is 4.72 Å². The molecule has 0 aliphatic carbocycles. The average Bonchev–Trinajstić information content (AvgIpc) is 3.05. The lowest BCUT2D eigenvalue weighted by molar-refractivity contribution is 0.250. The van der Waals surface area contributed by atoms with Crippen LogP contribution in [0.15, 0.2) is 84.1 Å². The van der Waals surface area contributed by atoms with Gasteiger partial charge >= 0.3 is 0 Å². The molecule has 0 radical (unpaired) electrons. The molecule has 1 N–H and O–H groups in total. The number of hydrogen-bond acceptors (Lipinski definition) is 5. The number of nitrogens with one attached hydrogen (secondary N) is 1. The van der Waals surface area contributed by atoms with Crippen LogP contribution in [0.3, 0.4) is 0 Å². The molecule has 2 aromatic carbocycles. The van der Waals surface area contributed by atoms with Gasteiger partial charge in [-0.3, -0.25) is 19.6 Å². The van der Waals surface area contributed by atoms with Gasteiger partial charge < -0.3 is 0 Å². The zero-order valence-electron chi connectivity index (χ0n) is 16.2. The minimum absolute atomic E-state index is 0.0725. The van der Waals surface area contributed by atoms with Crippen LogP contribution in [0.5, 0.6) is 0 Å². The van der Waals surface area contributed by atoms with Crippen LogP contribution in [0.25, 0.3) is 0 Å². The van der Waals surface area contributed by atoms with E-state index < -0.39 is 10.0 Å². The lowest BCUT2D eigenvalue weighted by Crippen LogP contribution is -2.27. The van der Waals surface area contributed by atoms with Crippen molar-refractivity contribution in [1.29, 1.82) is 0 Å². The van der Waals surface area contributed by atoms with Gasteiger partial charge in [0.2, 0.25) is 10.0 Å². The minimum atomic E-state index is -3.36. The Hall–Kier alpha value is -3.03. The standard InChI is InChI=1S/C22H22N4O2S/c1-26-21(16-11-13-23-14-12-16)20(24-22(26)17-7-4-3-5-8-17)18-9-6-10-19(15-18)25-29(2,27)28/h3-15,21-22,25H,1-2H3. The van der Waals surface area contributed by atoms with Gasteiger partial charge in [-0.1, -0.05) is 42.5 Å². The van der Waals surface area contributed by atoms with Gasteiger partial charge in [-0.25, -0.2) is 8.42 Å². The Kier molecular flexibility index (Phi) is 5.17. The number of rotatable bonds is 5. The third-order valence-corrected chi connectivity index (χ3v) is 5.50. The molecule has 1 aliphatic heterocycles. The summed E-state index contributed by atoms with van der Waals surface area (Å²) < 4.78 is 25.9. The van der Waals surface area contributed by atoms with Crippen molar-refractivity contribution in [2.75, 3.05) is 18.0 Å². The van der Waals surface area contributed by atoms with Crippen LogP contribution in [0.4, 0.5) is 5.69 Å². The highest BCUT2D eigenvalue weighted by atomic mass is 32.2. The molecule has 1 aliphatic rings. The number of aliphatic imine (C=N–C) groups is 1. The minimum Gasteiger partial charge on any atom is -0.284 e. The maximum Gasteiger partial charge on any atom is 0.229 e. The number of hydrogen-bond donors (Lipinski definition) is 1. The normalized spacial score (nSPS) is 19.7. The number of nitrogens with zero attached hydrogens (tertiary/aromatic N) is 3. The van der Waals surface area contributed by atoms with Gasteiger partial charge in [0.05, 0.1) is 18.0 Å². The average molecular weight is 407 g/mol. The first kappa shape index (κ1) is 19.3. The lowest BCUT2D eigenvalue weighted by Gasteiger charge is -2.26. The Balaban J connectivity index is 1.80. The van der Waals surface area contributed by atoms with E-state index in [1.165, 1.54) is 0 Å². The van der Waals surface area contributed by atoms with Gasteiger partial charge in [0, 0.05) is 18.1 Å². The maximum atomic E-state index is 11.7. The van der Waals surface area contributed by atoms with Crippen molar-refractivity contribution in [2.45, 2.75) is 12.2 Å². The molecular formula is C22H22N4O2S. The summed E-state index contributed by atoms with van der Waals surface area (Å²) in [4.78, 5) is 11.4. The molecule has 29 heavy (non-hydrogen) atoms. The second-order valence-electron chi connectivity index (χ2n) is 7.10. The Bertz CT molecular complexity index is 1130. The molecule has 148 valence electrons. The van der Waals surface area contributed by atoms with Crippen LogP contribution in [-0.2, 0) is 10.0 Å². The summed E-state index contributed by atoms with van der Waals surface area (Å²) in [6, 6.07) is 21.4. The van der Waals surface area contributed by atoms with Crippen molar-refractivity contribution in [3.05, 3.63) is 95.8 Å². The van der Waals surface area contributed by atoms with E-state index >= 15 is 0 Å². The predicted octanol–water partition coefficient (Wildman–Crippen LogP) is 3.63. The Morgan fingerprint density at radius 2 is 1.66 bits per heavy atom. The summed E-state index contributed by atoms with van der Waals surface area (Å²) in [6.45, 7) is 0. The van der Waals surface area contributed by atoms with Crippen molar-refractivity contribution >= 4 is 21.4 Å². The van der Waals surface area contributed by atoms with Crippen LogP contribution in [0.2, 0.25) is 0 Å². The summed E-state index contributed by atoms with van der Waals surface area (Å²) >= 11 is 0. The van der Waals surface area contributed by atoms with E-state index in [1.54, 1.807) is 18.5 Å². The van der Waals surface area contributed by atoms with E-state index in [0.717, 1.165) is 28.7 Å². The fourth-order valence-corrected chi connectivity index (χ4v) is 4.24. The van der Waals surface area contributed by atoms with Crippen molar-refractivity contribution in [1.82, 2.24) is 9.88 Å². The highest BCUT2D eigenvalue weighted by Crippen LogP contribution is 2.39. The Morgan fingerprint density at radius 1 is 0.931 bits per heavy atom.